The van der Waals surface area contributed by atoms with E-state index in [1.54, 1.807) is 63.5 Å². The summed E-state index contributed by atoms with van der Waals surface area (Å²) in [4.78, 5) is 23.0. The fraction of sp³-hybridized carbons (Fsp3) is 0.294. The van der Waals surface area contributed by atoms with Gasteiger partial charge in [-0.25, -0.2) is 9.59 Å². The standard InChI is InChI=1S/2C13H15O4S.C8H3BF6O3/c2*1-16-10-4-5-11-9(8-18(2,3)15)6-13(14)17-12(11)7-10;10-7(11,12)4-1-5(8(13,14)15)3-6(2-4)18-9(16)17/h2*4-7H,8H2,1-3H3;1-3H/q2*+1;-2. The first-order valence-corrected chi connectivity index (χ1v) is 20.2. The van der Waals surface area contributed by atoms with Gasteiger partial charge in [-0.3, -0.25) is 0 Å². The number of fused-ring (bicyclic) bond motifs is 2. The summed E-state index contributed by atoms with van der Waals surface area (Å²) < 4.78 is 122. The molecule has 0 aliphatic carbocycles. The fourth-order valence-electron chi connectivity index (χ4n) is 4.77. The molecule has 292 valence electrons. The third kappa shape index (κ3) is 13.3. The van der Waals surface area contributed by atoms with Crippen molar-refractivity contribution in [1.82, 2.24) is 0 Å². The Bertz CT molecular complexity index is 2160. The summed E-state index contributed by atoms with van der Waals surface area (Å²) in [5.41, 5.74) is -1.77. The molecule has 20 heteroatoms. The zero-order valence-electron chi connectivity index (χ0n) is 29.4. The highest BCUT2D eigenvalue weighted by molar-refractivity contribution is 8.01. The van der Waals surface area contributed by atoms with Crippen LogP contribution in [0.1, 0.15) is 22.3 Å². The molecule has 0 amide bonds. The largest absolute Gasteiger partial charge is 0.860 e. The van der Waals surface area contributed by atoms with E-state index in [1.807, 2.05) is 12.1 Å². The summed E-state index contributed by atoms with van der Waals surface area (Å²) in [5, 5.41) is 21.8. The predicted octanol–water partition coefficient (Wildman–Crippen LogP) is 4.93. The van der Waals surface area contributed by atoms with Crippen LogP contribution in [0, 0.1) is 0 Å². The summed E-state index contributed by atoms with van der Waals surface area (Å²) in [7, 11) is -3.85. The Morgan fingerprint density at radius 1 is 0.611 bits per heavy atom. The van der Waals surface area contributed by atoms with Crippen molar-refractivity contribution in [2.24, 2.45) is 0 Å². The van der Waals surface area contributed by atoms with Crippen LogP contribution in [0.25, 0.3) is 21.9 Å². The van der Waals surface area contributed by atoms with Gasteiger partial charge >= 0.3 is 23.6 Å². The molecule has 0 saturated carbocycles. The molecule has 54 heavy (non-hydrogen) atoms. The second-order valence-corrected chi connectivity index (χ2v) is 18.5. The number of rotatable bonds is 8. The summed E-state index contributed by atoms with van der Waals surface area (Å²) >= 11 is 0. The van der Waals surface area contributed by atoms with E-state index < -0.39 is 67.7 Å². The minimum absolute atomic E-state index is 0.141. The van der Waals surface area contributed by atoms with Gasteiger partial charge in [0.25, 0.3) is 0 Å². The van der Waals surface area contributed by atoms with Gasteiger partial charge in [-0.1, -0.05) is 0 Å². The van der Waals surface area contributed by atoms with Gasteiger partial charge in [-0.05, 0) is 42.5 Å². The van der Waals surface area contributed by atoms with Gasteiger partial charge in [0.05, 0.1) is 51.0 Å². The average molecular weight is 807 g/mol. The third-order valence-electron chi connectivity index (χ3n) is 6.87. The smallest absolute Gasteiger partial charge is 0.416 e. The lowest BCUT2D eigenvalue weighted by molar-refractivity contribution is -0.372. The number of methoxy groups -OCH3 is 2. The molecule has 2 aromatic heterocycles. The van der Waals surface area contributed by atoms with E-state index in [-0.39, 0.29) is 18.2 Å². The zero-order chi connectivity index (χ0) is 40.8. The Labute approximate surface area is 306 Å². The second-order valence-electron chi connectivity index (χ2n) is 12.2. The van der Waals surface area contributed by atoms with Gasteiger partial charge in [0, 0.05) is 46.2 Å². The highest BCUT2D eigenvalue weighted by Gasteiger charge is 2.37. The Hall–Kier alpha value is -4.66. The molecule has 0 bridgehead atoms. The average Bonchev–Trinajstić information content (AvgIpc) is 3.02. The molecule has 0 unspecified atom stereocenters. The summed E-state index contributed by atoms with van der Waals surface area (Å²) in [6, 6.07) is 13.5. The van der Waals surface area contributed by atoms with E-state index in [0.29, 0.717) is 34.2 Å². The molecule has 3 aromatic carbocycles. The topological polar surface area (TPSA) is 168 Å². The van der Waals surface area contributed by atoms with Crippen molar-refractivity contribution >= 4 is 49.1 Å². The first-order chi connectivity index (χ1) is 24.8. The molecule has 11 nitrogen and oxygen atoms in total. The molecule has 0 saturated heterocycles. The molecule has 5 aromatic rings. The second kappa shape index (κ2) is 17.2. The lowest BCUT2D eigenvalue weighted by atomic mass is 10.1. The Morgan fingerprint density at radius 2 is 0.981 bits per heavy atom. The summed E-state index contributed by atoms with van der Waals surface area (Å²) in [6.45, 7) is 0. The van der Waals surface area contributed by atoms with Crippen LogP contribution in [0.5, 0.6) is 17.2 Å². The SMILES string of the molecule is COc1ccc2c(C[S+](C)(C)=O)cc(=O)oc2c1.COc1ccc2c(C[S+](C)(C)=O)cc(=O)oc2c1.[O-]B([O-])Oc1cc(C(F)(F)F)cc(C(F)(F)F)c1. The van der Waals surface area contributed by atoms with E-state index in [2.05, 4.69) is 4.65 Å². The van der Waals surface area contributed by atoms with E-state index in [0.717, 1.165) is 21.9 Å². The minimum Gasteiger partial charge on any atom is -0.860 e. The van der Waals surface area contributed by atoms with Gasteiger partial charge in [-0.15, -0.1) is 8.42 Å². The lowest BCUT2D eigenvalue weighted by Gasteiger charge is -2.27. The van der Waals surface area contributed by atoms with Gasteiger partial charge < -0.3 is 33.0 Å². The minimum atomic E-state index is -5.05. The first kappa shape index (κ1) is 43.7. The van der Waals surface area contributed by atoms with Crippen LogP contribution in [0.4, 0.5) is 26.3 Å². The Morgan fingerprint density at radius 3 is 1.28 bits per heavy atom. The van der Waals surface area contributed by atoms with Crippen molar-refractivity contribution in [1.29, 1.82) is 0 Å². The molecule has 2 heterocycles. The third-order valence-corrected chi connectivity index (χ3v) is 8.89. The van der Waals surface area contributed by atoms with Crippen LogP contribution in [0.2, 0.25) is 0 Å². The monoisotopic (exact) mass is 806 g/mol. The molecular formula is C34H33BF6O11S2. The maximum atomic E-state index is 12.3. The van der Waals surface area contributed by atoms with Crippen molar-refractivity contribution in [3.63, 3.8) is 0 Å². The number of benzene rings is 3. The lowest BCUT2D eigenvalue weighted by Crippen LogP contribution is -2.50. The fourth-order valence-corrected chi connectivity index (χ4v) is 6.74. The van der Waals surface area contributed by atoms with Gasteiger partial charge in [-0.2, -0.15) is 26.3 Å². The van der Waals surface area contributed by atoms with Crippen molar-refractivity contribution in [2.45, 2.75) is 23.9 Å². The number of ether oxygens (including phenoxy) is 2. The van der Waals surface area contributed by atoms with E-state index in [9.17, 15) is 54.4 Å². The van der Waals surface area contributed by atoms with Gasteiger partial charge in [0.15, 0.2) is 0 Å². The van der Waals surface area contributed by atoms with E-state index >= 15 is 0 Å². The van der Waals surface area contributed by atoms with Crippen LogP contribution in [0.15, 0.2) is 85.2 Å². The molecule has 0 spiro atoms. The van der Waals surface area contributed by atoms with Crippen LogP contribution in [0.3, 0.4) is 0 Å². The quantitative estimate of drug-likeness (QED) is 0.0903. The maximum Gasteiger partial charge on any atom is 0.416 e. The molecule has 0 aliphatic heterocycles. The van der Waals surface area contributed by atoms with E-state index in [4.69, 9.17) is 18.3 Å². The van der Waals surface area contributed by atoms with Gasteiger partial charge in [0.2, 0.25) is 0 Å². The number of hydrogen-bond donors (Lipinski definition) is 0. The summed E-state index contributed by atoms with van der Waals surface area (Å²) in [5.74, 6) is 0.892. The molecule has 0 radical (unpaired) electrons. The predicted molar refractivity (Wildman–Crippen MR) is 188 cm³/mol. The van der Waals surface area contributed by atoms with Crippen molar-refractivity contribution in [3.05, 3.63) is 110 Å². The van der Waals surface area contributed by atoms with Crippen molar-refractivity contribution in [2.75, 3.05) is 39.2 Å². The van der Waals surface area contributed by atoms with Crippen molar-refractivity contribution < 1.29 is 67.8 Å². The van der Waals surface area contributed by atoms with Crippen LogP contribution in [-0.4, -0.2) is 46.6 Å². The number of halogens is 6. The molecule has 0 fully saturated rings. The normalized spacial score (nSPS) is 12.0. The molecule has 0 aliphatic rings. The van der Waals surface area contributed by atoms with Crippen LogP contribution >= 0.6 is 0 Å². The van der Waals surface area contributed by atoms with E-state index in [1.165, 1.54) is 12.1 Å². The van der Waals surface area contributed by atoms with Crippen LogP contribution in [-0.2, 0) is 52.1 Å². The molecular weight excluding hydrogens is 773 g/mol. The Balaban J connectivity index is 0.000000218. The van der Waals surface area contributed by atoms with Crippen molar-refractivity contribution in [3.8, 4) is 17.2 Å². The molecule has 0 N–H and O–H groups in total. The van der Waals surface area contributed by atoms with Crippen LogP contribution < -0.4 is 35.4 Å². The summed E-state index contributed by atoms with van der Waals surface area (Å²) in [6.07, 6.45) is -3.40. The molecule has 5 rings (SSSR count). The highest BCUT2D eigenvalue weighted by Crippen LogP contribution is 2.38. The number of hydrogen-bond acceptors (Lipinski definition) is 11. The molecule has 0 atom stereocenters. The first-order valence-electron chi connectivity index (χ1n) is 15.1. The maximum absolute atomic E-state index is 12.3. The Kier molecular flexibility index (Phi) is 13.9. The zero-order valence-corrected chi connectivity index (χ0v) is 31.1. The highest BCUT2D eigenvalue weighted by atomic mass is 32.2. The van der Waals surface area contributed by atoms with Gasteiger partial charge in [0.1, 0.15) is 66.5 Å². The number of alkyl halides is 6.